The summed E-state index contributed by atoms with van der Waals surface area (Å²) in [4.78, 5) is 0. The molecule has 0 aromatic rings. The van der Waals surface area contributed by atoms with Crippen molar-refractivity contribution in [1.29, 1.82) is 0 Å². The number of hydrogen-bond donors (Lipinski definition) is 2. The van der Waals surface area contributed by atoms with E-state index < -0.39 is 10.2 Å². The van der Waals surface area contributed by atoms with E-state index in [0.29, 0.717) is 32.2 Å². The number of nitrogens with one attached hydrogen (secondary N) is 2. The van der Waals surface area contributed by atoms with Gasteiger partial charge >= 0.3 is 0 Å². The SMILES string of the molecule is CCCNCC1CCN(S(=O)(=O)NCCOC(C)C)CC1. The molecule has 1 heterocycles. The molecule has 0 unspecified atom stereocenters. The van der Waals surface area contributed by atoms with E-state index in [-0.39, 0.29) is 6.10 Å². The van der Waals surface area contributed by atoms with E-state index in [4.69, 9.17) is 4.74 Å². The van der Waals surface area contributed by atoms with E-state index >= 15 is 0 Å². The van der Waals surface area contributed by atoms with Gasteiger partial charge in [-0.15, -0.1) is 0 Å². The van der Waals surface area contributed by atoms with E-state index in [1.54, 1.807) is 4.31 Å². The molecule has 126 valence electrons. The first-order valence-corrected chi connectivity index (χ1v) is 9.46. The zero-order valence-electron chi connectivity index (χ0n) is 13.6. The van der Waals surface area contributed by atoms with Crippen molar-refractivity contribution in [1.82, 2.24) is 14.3 Å². The molecule has 0 amide bonds. The van der Waals surface area contributed by atoms with Gasteiger partial charge in [0.05, 0.1) is 12.7 Å². The van der Waals surface area contributed by atoms with Crippen LogP contribution in [0.25, 0.3) is 0 Å². The number of piperidine rings is 1. The normalized spacial score (nSPS) is 18.5. The molecule has 1 aliphatic rings. The van der Waals surface area contributed by atoms with E-state index in [1.165, 1.54) is 0 Å². The van der Waals surface area contributed by atoms with Gasteiger partial charge in [-0.25, -0.2) is 0 Å². The molecule has 1 saturated heterocycles. The van der Waals surface area contributed by atoms with Crippen LogP contribution in [0.2, 0.25) is 0 Å². The van der Waals surface area contributed by atoms with Crippen LogP contribution in [0.5, 0.6) is 0 Å². The maximum absolute atomic E-state index is 12.1. The Morgan fingerprint density at radius 3 is 2.48 bits per heavy atom. The molecule has 0 atom stereocenters. The highest BCUT2D eigenvalue weighted by Gasteiger charge is 2.27. The molecule has 0 bridgehead atoms. The summed E-state index contributed by atoms with van der Waals surface area (Å²) in [6, 6.07) is 0. The average Bonchev–Trinajstić information content (AvgIpc) is 2.44. The predicted molar refractivity (Wildman–Crippen MR) is 85.5 cm³/mol. The molecule has 0 saturated carbocycles. The lowest BCUT2D eigenvalue weighted by Gasteiger charge is -2.31. The van der Waals surface area contributed by atoms with Gasteiger partial charge < -0.3 is 10.1 Å². The van der Waals surface area contributed by atoms with Crippen LogP contribution in [-0.4, -0.2) is 58.2 Å². The van der Waals surface area contributed by atoms with E-state index in [1.807, 2.05) is 13.8 Å². The van der Waals surface area contributed by atoms with Crippen molar-refractivity contribution in [2.24, 2.45) is 5.92 Å². The Hall–Kier alpha value is -0.210. The molecule has 0 radical (unpaired) electrons. The van der Waals surface area contributed by atoms with Crippen LogP contribution in [0.3, 0.4) is 0 Å². The third kappa shape index (κ3) is 7.56. The molecule has 7 heteroatoms. The Labute approximate surface area is 129 Å². The highest BCUT2D eigenvalue weighted by molar-refractivity contribution is 7.87. The highest BCUT2D eigenvalue weighted by Crippen LogP contribution is 2.18. The monoisotopic (exact) mass is 321 g/mol. The Morgan fingerprint density at radius 1 is 1.24 bits per heavy atom. The summed E-state index contributed by atoms with van der Waals surface area (Å²) in [5, 5.41) is 3.41. The zero-order chi connectivity index (χ0) is 15.7. The first kappa shape index (κ1) is 18.8. The smallest absolute Gasteiger partial charge is 0.279 e. The van der Waals surface area contributed by atoms with Crippen molar-refractivity contribution in [2.75, 3.05) is 39.3 Å². The third-order valence-corrected chi connectivity index (χ3v) is 5.22. The molecular formula is C14H31N3O3S. The fourth-order valence-electron chi connectivity index (χ4n) is 2.39. The molecule has 1 rings (SSSR count). The largest absolute Gasteiger partial charge is 0.377 e. The van der Waals surface area contributed by atoms with Gasteiger partial charge in [0.1, 0.15) is 0 Å². The molecule has 0 aliphatic carbocycles. The van der Waals surface area contributed by atoms with Gasteiger partial charge in [-0.1, -0.05) is 6.92 Å². The maximum atomic E-state index is 12.1. The average molecular weight is 321 g/mol. The minimum Gasteiger partial charge on any atom is -0.377 e. The minimum absolute atomic E-state index is 0.126. The summed E-state index contributed by atoms with van der Waals surface area (Å²) in [5.41, 5.74) is 0. The molecule has 0 aromatic heterocycles. The Balaban J connectivity index is 2.25. The van der Waals surface area contributed by atoms with Crippen LogP contribution < -0.4 is 10.0 Å². The van der Waals surface area contributed by atoms with Crippen molar-refractivity contribution in [3.05, 3.63) is 0 Å². The van der Waals surface area contributed by atoms with Gasteiger partial charge in [-0.05, 0) is 52.1 Å². The topological polar surface area (TPSA) is 70.7 Å². The van der Waals surface area contributed by atoms with E-state index in [2.05, 4.69) is 17.0 Å². The van der Waals surface area contributed by atoms with Gasteiger partial charge in [0.15, 0.2) is 0 Å². The van der Waals surface area contributed by atoms with Gasteiger partial charge in [0.2, 0.25) is 0 Å². The van der Waals surface area contributed by atoms with Gasteiger partial charge in [0, 0.05) is 19.6 Å². The number of rotatable bonds is 10. The Kier molecular flexibility index (Phi) is 8.73. The van der Waals surface area contributed by atoms with Crippen LogP contribution in [0.1, 0.15) is 40.0 Å². The van der Waals surface area contributed by atoms with Crippen molar-refractivity contribution < 1.29 is 13.2 Å². The predicted octanol–water partition coefficient (Wildman–Crippen LogP) is 0.957. The molecule has 0 spiro atoms. The molecular weight excluding hydrogens is 290 g/mol. The number of ether oxygens (including phenoxy) is 1. The number of nitrogens with zero attached hydrogens (tertiary/aromatic N) is 1. The third-order valence-electron chi connectivity index (χ3n) is 3.61. The summed E-state index contributed by atoms with van der Waals surface area (Å²) in [6.07, 6.45) is 3.12. The molecule has 1 aliphatic heterocycles. The molecule has 6 nitrogen and oxygen atoms in total. The zero-order valence-corrected chi connectivity index (χ0v) is 14.4. The summed E-state index contributed by atoms with van der Waals surface area (Å²) < 4.78 is 33.8. The lowest BCUT2D eigenvalue weighted by atomic mass is 9.98. The van der Waals surface area contributed by atoms with Crippen molar-refractivity contribution in [3.63, 3.8) is 0 Å². The summed E-state index contributed by atoms with van der Waals surface area (Å²) in [5.74, 6) is 0.590. The molecule has 0 aromatic carbocycles. The second-order valence-corrected chi connectivity index (χ2v) is 7.62. The minimum atomic E-state index is -3.35. The molecule has 21 heavy (non-hydrogen) atoms. The second kappa shape index (κ2) is 9.74. The quantitative estimate of drug-likeness (QED) is 0.588. The molecule has 1 fully saturated rings. The lowest BCUT2D eigenvalue weighted by molar-refractivity contribution is 0.0831. The standard InChI is InChI=1S/C14H31N3O3S/c1-4-7-15-12-14-5-9-17(10-6-14)21(18,19)16-8-11-20-13(2)3/h13-16H,4-12H2,1-3H3. The first-order valence-electron chi connectivity index (χ1n) is 8.02. The van der Waals surface area contributed by atoms with Gasteiger partial charge in [-0.3, -0.25) is 0 Å². The first-order chi connectivity index (χ1) is 9.95. The van der Waals surface area contributed by atoms with E-state index in [9.17, 15) is 8.42 Å². The summed E-state index contributed by atoms with van der Waals surface area (Å²) >= 11 is 0. The Morgan fingerprint density at radius 2 is 1.90 bits per heavy atom. The summed E-state index contributed by atoms with van der Waals surface area (Å²) in [6.45, 7) is 10.0. The van der Waals surface area contributed by atoms with Crippen LogP contribution in [0.4, 0.5) is 0 Å². The fraction of sp³-hybridized carbons (Fsp3) is 1.00. The van der Waals surface area contributed by atoms with Crippen molar-refractivity contribution in [2.45, 2.75) is 46.1 Å². The van der Waals surface area contributed by atoms with Crippen LogP contribution in [-0.2, 0) is 14.9 Å². The van der Waals surface area contributed by atoms with Gasteiger partial charge in [0.25, 0.3) is 10.2 Å². The molecule has 2 N–H and O–H groups in total. The van der Waals surface area contributed by atoms with Crippen molar-refractivity contribution >= 4 is 10.2 Å². The lowest BCUT2D eigenvalue weighted by Crippen LogP contribution is -2.46. The number of hydrogen-bond acceptors (Lipinski definition) is 4. The second-order valence-electron chi connectivity index (χ2n) is 5.87. The summed E-state index contributed by atoms with van der Waals surface area (Å²) in [7, 11) is -3.35. The van der Waals surface area contributed by atoms with E-state index in [0.717, 1.165) is 32.4 Å². The van der Waals surface area contributed by atoms with Crippen LogP contribution in [0, 0.1) is 5.92 Å². The van der Waals surface area contributed by atoms with Crippen molar-refractivity contribution in [3.8, 4) is 0 Å². The van der Waals surface area contributed by atoms with Crippen LogP contribution >= 0.6 is 0 Å². The van der Waals surface area contributed by atoms with Gasteiger partial charge in [-0.2, -0.15) is 17.4 Å². The fourth-order valence-corrected chi connectivity index (χ4v) is 3.61. The maximum Gasteiger partial charge on any atom is 0.279 e. The highest BCUT2D eigenvalue weighted by atomic mass is 32.2. The van der Waals surface area contributed by atoms with Crippen LogP contribution in [0.15, 0.2) is 0 Å². The Bertz CT molecular complexity index is 366.